The van der Waals surface area contributed by atoms with Gasteiger partial charge in [0.15, 0.2) is 5.78 Å². The van der Waals surface area contributed by atoms with Crippen molar-refractivity contribution in [3.63, 3.8) is 0 Å². The number of rotatable bonds is 4. The molecule has 0 aromatic heterocycles. The zero-order chi connectivity index (χ0) is 9.68. The fourth-order valence-electron chi connectivity index (χ4n) is 1.21. The fourth-order valence-corrected chi connectivity index (χ4v) is 1.21. The summed E-state index contributed by atoms with van der Waals surface area (Å²) in [6, 6.07) is -0.149. The van der Waals surface area contributed by atoms with E-state index in [4.69, 9.17) is 0 Å². The molecule has 1 N–H and O–H groups in total. The first-order valence-corrected chi connectivity index (χ1v) is 4.73. The summed E-state index contributed by atoms with van der Waals surface area (Å²) in [4.78, 5) is 15.2. The second-order valence-corrected chi connectivity index (χ2v) is 3.25. The van der Waals surface area contributed by atoms with Crippen LogP contribution in [0.2, 0.25) is 0 Å². The smallest absolute Gasteiger partial charge is 0.194 e. The molecule has 3 heteroatoms. The van der Waals surface area contributed by atoms with Crippen molar-refractivity contribution in [2.45, 2.75) is 32.7 Å². The maximum Gasteiger partial charge on any atom is 0.194 e. The van der Waals surface area contributed by atoms with E-state index in [1.54, 1.807) is 0 Å². The van der Waals surface area contributed by atoms with Gasteiger partial charge >= 0.3 is 0 Å². The normalized spacial score (nSPS) is 21.8. The lowest BCUT2D eigenvalue weighted by atomic mass is 10.1. The van der Waals surface area contributed by atoms with Crippen molar-refractivity contribution in [2.75, 3.05) is 6.54 Å². The Morgan fingerprint density at radius 2 is 2.38 bits per heavy atom. The summed E-state index contributed by atoms with van der Waals surface area (Å²) in [7, 11) is 0. The predicted molar refractivity (Wildman–Crippen MR) is 54.0 cm³/mol. The number of carbonyl (C=O) groups excluding carboxylic acids is 1. The van der Waals surface area contributed by atoms with Gasteiger partial charge in [0.05, 0.1) is 12.3 Å². The van der Waals surface area contributed by atoms with E-state index in [9.17, 15) is 4.79 Å². The quantitative estimate of drug-likeness (QED) is 0.662. The molecule has 1 aliphatic heterocycles. The molecule has 0 saturated heterocycles. The van der Waals surface area contributed by atoms with E-state index in [-0.39, 0.29) is 11.8 Å². The molecule has 1 rings (SSSR count). The Hall–Kier alpha value is -0.960. The van der Waals surface area contributed by atoms with Gasteiger partial charge in [-0.3, -0.25) is 9.79 Å². The van der Waals surface area contributed by atoms with Gasteiger partial charge in [-0.15, -0.1) is 0 Å². The molecule has 0 fully saturated rings. The monoisotopic (exact) mass is 180 g/mol. The van der Waals surface area contributed by atoms with E-state index < -0.39 is 0 Å². The van der Waals surface area contributed by atoms with E-state index in [0.717, 1.165) is 25.1 Å². The number of allylic oxidation sites excluding steroid dienone is 1. The third-order valence-electron chi connectivity index (χ3n) is 2.00. The molecule has 0 radical (unpaired) electrons. The van der Waals surface area contributed by atoms with Crippen LogP contribution in [-0.4, -0.2) is 24.6 Å². The number of unbranched alkanes of at least 4 members (excludes halogenated alkanes) is 1. The van der Waals surface area contributed by atoms with E-state index in [1.165, 1.54) is 6.21 Å². The van der Waals surface area contributed by atoms with Crippen molar-refractivity contribution in [3.8, 4) is 0 Å². The molecule has 72 valence electrons. The lowest BCUT2D eigenvalue weighted by Crippen LogP contribution is -2.37. The number of Topliss-reactive ketones (excluding diaryl/α,β-unsaturated/α-hetero) is 1. The first-order chi connectivity index (χ1) is 6.24. The third kappa shape index (κ3) is 3.11. The van der Waals surface area contributed by atoms with Crippen molar-refractivity contribution in [1.82, 2.24) is 5.32 Å². The van der Waals surface area contributed by atoms with Gasteiger partial charge in [0.1, 0.15) is 0 Å². The summed E-state index contributed by atoms with van der Waals surface area (Å²) in [6.45, 7) is 4.93. The van der Waals surface area contributed by atoms with Gasteiger partial charge in [-0.25, -0.2) is 0 Å². The molecule has 1 atom stereocenters. The minimum absolute atomic E-state index is 0.0571. The van der Waals surface area contributed by atoms with Crippen molar-refractivity contribution in [1.29, 1.82) is 0 Å². The Morgan fingerprint density at radius 3 is 3.08 bits per heavy atom. The van der Waals surface area contributed by atoms with Crippen LogP contribution in [0.3, 0.4) is 0 Å². The lowest BCUT2D eigenvalue weighted by Gasteiger charge is -2.14. The summed E-state index contributed by atoms with van der Waals surface area (Å²) in [6.07, 6.45) is 5.52. The van der Waals surface area contributed by atoms with Gasteiger partial charge < -0.3 is 5.32 Å². The van der Waals surface area contributed by atoms with Gasteiger partial charge in [0.25, 0.3) is 0 Å². The molecule has 13 heavy (non-hydrogen) atoms. The Kier molecular flexibility index (Phi) is 3.83. The third-order valence-corrected chi connectivity index (χ3v) is 2.00. The second-order valence-electron chi connectivity index (χ2n) is 3.25. The van der Waals surface area contributed by atoms with Crippen molar-refractivity contribution < 1.29 is 4.79 Å². The molecule has 0 spiro atoms. The van der Waals surface area contributed by atoms with Gasteiger partial charge in [-0.2, -0.15) is 0 Å². The van der Waals surface area contributed by atoms with Crippen LogP contribution in [0.4, 0.5) is 0 Å². The molecule has 0 saturated carbocycles. The van der Waals surface area contributed by atoms with E-state index in [0.29, 0.717) is 0 Å². The first kappa shape index (κ1) is 10.1. The Balaban J connectivity index is 2.41. The molecule has 1 unspecified atom stereocenters. The predicted octanol–water partition coefficient (Wildman–Crippen LogP) is 1.30. The standard InChI is InChI=1S/C10H16N2O/c1-3-4-5-11-9-6-8(2)12-7-10(9)13/h6-7,9,11H,3-5H2,1-2H3. The SMILES string of the molecule is CCCCNC1C=C(C)N=CC1=O. The largest absolute Gasteiger partial charge is 0.304 e. The van der Waals surface area contributed by atoms with Gasteiger partial charge in [-0.1, -0.05) is 13.3 Å². The molecule has 0 amide bonds. The Bertz CT molecular complexity index is 243. The van der Waals surface area contributed by atoms with Crippen molar-refractivity contribution >= 4 is 12.0 Å². The molecule has 0 aromatic rings. The average Bonchev–Trinajstić information content (AvgIpc) is 2.11. The number of carbonyl (C=O) groups is 1. The van der Waals surface area contributed by atoms with Crippen LogP contribution in [0.25, 0.3) is 0 Å². The van der Waals surface area contributed by atoms with Gasteiger partial charge in [0, 0.05) is 5.70 Å². The van der Waals surface area contributed by atoms with Gasteiger partial charge in [0.2, 0.25) is 0 Å². The zero-order valence-electron chi connectivity index (χ0n) is 8.21. The molecule has 0 bridgehead atoms. The highest BCUT2D eigenvalue weighted by Gasteiger charge is 2.15. The average molecular weight is 180 g/mol. The number of nitrogens with zero attached hydrogens (tertiary/aromatic N) is 1. The van der Waals surface area contributed by atoms with E-state index in [1.807, 2.05) is 13.0 Å². The summed E-state index contributed by atoms with van der Waals surface area (Å²) < 4.78 is 0. The van der Waals surface area contributed by atoms with Crippen LogP contribution in [0.15, 0.2) is 16.8 Å². The minimum Gasteiger partial charge on any atom is -0.304 e. The molecule has 0 aliphatic carbocycles. The molecule has 1 heterocycles. The topological polar surface area (TPSA) is 41.5 Å². The highest BCUT2D eigenvalue weighted by Crippen LogP contribution is 2.03. The second kappa shape index (κ2) is 4.92. The summed E-state index contributed by atoms with van der Waals surface area (Å²) in [5.74, 6) is 0.0571. The highest BCUT2D eigenvalue weighted by molar-refractivity contribution is 6.31. The van der Waals surface area contributed by atoms with Crippen LogP contribution < -0.4 is 5.32 Å². The molecule has 3 nitrogen and oxygen atoms in total. The zero-order valence-corrected chi connectivity index (χ0v) is 8.21. The van der Waals surface area contributed by atoms with Crippen LogP contribution in [-0.2, 0) is 4.79 Å². The Labute approximate surface area is 78.9 Å². The molecular formula is C10H16N2O. The maximum atomic E-state index is 11.3. The van der Waals surface area contributed by atoms with Crippen LogP contribution in [0.1, 0.15) is 26.7 Å². The fraction of sp³-hybridized carbons (Fsp3) is 0.600. The first-order valence-electron chi connectivity index (χ1n) is 4.73. The van der Waals surface area contributed by atoms with Crippen molar-refractivity contribution in [3.05, 3.63) is 11.8 Å². The molecular weight excluding hydrogens is 164 g/mol. The minimum atomic E-state index is -0.149. The summed E-state index contributed by atoms with van der Waals surface area (Å²) in [5.41, 5.74) is 0.911. The number of hydrogen-bond acceptors (Lipinski definition) is 3. The number of ketones is 1. The van der Waals surface area contributed by atoms with E-state index in [2.05, 4.69) is 17.2 Å². The number of nitrogens with one attached hydrogen (secondary N) is 1. The number of hydrogen-bond donors (Lipinski definition) is 1. The van der Waals surface area contributed by atoms with Crippen LogP contribution in [0.5, 0.6) is 0 Å². The Morgan fingerprint density at radius 1 is 1.62 bits per heavy atom. The van der Waals surface area contributed by atoms with Crippen molar-refractivity contribution in [2.24, 2.45) is 4.99 Å². The van der Waals surface area contributed by atoms with Crippen LogP contribution >= 0.6 is 0 Å². The highest BCUT2D eigenvalue weighted by atomic mass is 16.1. The van der Waals surface area contributed by atoms with Gasteiger partial charge in [-0.05, 0) is 26.0 Å². The van der Waals surface area contributed by atoms with E-state index >= 15 is 0 Å². The molecule has 1 aliphatic rings. The maximum absolute atomic E-state index is 11.3. The lowest BCUT2D eigenvalue weighted by molar-refractivity contribution is -0.113. The summed E-state index contributed by atoms with van der Waals surface area (Å²) >= 11 is 0. The van der Waals surface area contributed by atoms with Crippen LogP contribution in [0, 0.1) is 0 Å². The summed E-state index contributed by atoms with van der Waals surface area (Å²) in [5, 5.41) is 3.19. The molecule has 0 aromatic carbocycles. The number of aliphatic imine (C=N–C) groups is 1.